The fraction of sp³-hybridized carbons (Fsp3) is 0.500. The topological polar surface area (TPSA) is 79.6 Å². The van der Waals surface area contributed by atoms with E-state index in [1.165, 1.54) is 12.3 Å². The normalized spacial score (nSPS) is 21.3. The maximum Gasteiger partial charge on any atom is 0.325 e. The van der Waals surface area contributed by atoms with Crippen LogP contribution in [0.5, 0.6) is 0 Å². The van der Waals surface area contributed by atoms with E-state index in [0.717, 1.165) is 24.2 Å². The first-order chi connectivity index (χ1) is 9.62. The van der Waals surface area contributed by atoms with Gasteiger partial charge in [0.25, 0.3) is 5.91 Å². The maximum atomic E-state index is 12.5. The summed E-state index contributed by atoms with van der Waals surface area (Å²) < 4.78 is 4.99. The molecule has 6 heteroatoms. The third-order valence-electron chi connectivity index (χ3n) is 4.05. The average Bonchev–Trinajstić information content (AvgIpc) is 3.04. The molecule has 1 spiro atoms. The Morgan fingerprint density at radius 1 is 1.30 bits per heavy atom. The fourth-order valence-corrected chi connectivity index (χ4v) is 2.97. The summed E-state index contributed by atoms with van der Waals surface area (Å²) in [5.41, 5.74) is -0.779. The number of hydrogen-bond donors (Lipinski definition) is 1. The number of rotatable bonds is 3. The number of imide groups is 1. The number of nitrogens with zero attached hydrogens (tertiary/aromatic N) is 1. The van der Waals surface area contributed by atoms with Gasteiger partial charge in [0.05, 0.1) is 12.8 Å². The molecule has 106 valence electrons. The van der Waals surface area contributed by atoms with Crippen LogP contribution < -0.4 is 5.32 Å². The first-order valence-electron chi connectivity index (χ1n) is 6.83. The Kier molecular flexibility index (Phi) is 3.08. The van der Waals surface area contributed by atoms with Gasteiger partial charge in [0.2, 0.25) is 5.78 Å². The van der Waals surface area contributed by atoms with Crippen LogP contribution in [0, 0.1) is 0 Å². The van der Waals surface area contributed by atoms with Gasteiger partial charge >= 0.3 is 6.03 Å². The summed E-state index contributed by atoms with van der Waals surface area (Å²) in [6.45, 7) is -0.264. The molecule has 0 bridgehead atoms. The summed E-state index contributed by atoms with van der Waals surface area (Å²) in [5.74, 6) is -0.483. The molecule has 6 nitrogen and oxygen atoms in total. The quantitative estimate of drug-likeness (QED) is 0.673. The molecule has 1 saturated heterocycles. The molecule has 1 aliphatic carbocycles. The van der Waals surface area contributed by atoms with Crippen LogP contribution in [0.25, 0.3) is 0 Å². The molecule has 20 heavy (non-hydrogen) atoms. The number of carbonyl (C=O) groups excluding carboxylic acids is 3. The summed E-state index contributed by atoms with van der Waals surface area (Å²) in [7, 11) is 0. The number of carbonyl (C=O) groups is 3. The lowest BCUT2D eigenvalue weighted by Gasteiger charge is -2.30. The van der Waals surface area contributed by atoms with Gasteiger partial charge < -0.3 is 9.73 Å². The zero-order valence-electron chi connectivity index (χ0n) is 11.1. The van der Waals surface area contributed by atoms with Crippen molar-refractivity contribution in [3.8, 4) is 0 Å². The molecule has 1 N–H and O–H groups in total. The van der Waals surface area contributed by atoms with E-state index >= 15 is 0 Å². The second kappa shape index (κ2) is 4.77. The molecule has 2 fully saturated rings. The van der Waals surface area contributed by atoms with Crippen LogP contribution in [0.1, 0.15) is 42.7 Å². The lowest BCUT2D eigenvalue weighted by atomic mass is 9.82. The van der Waals surface area contributed by atoms with Gasteiger partial charge in [-0.25, -0.2) is 4.79 Å². The summed E-state index contributed by atoms with van der Waals surface area (Å²) in [4.78, 5) is 37.4. The Hall–Kier alpha value is -2.11. The van der Waals surface area contributed by atoms with E-state index in [2.05, 4.69) is 5.32 Å². The van der Waals surface area contributed by atoms with E-state index in [-0.39, 0.29) is 24.0 Å². The highest BCUT2D eigenvalue weighted by atomic mass is 16.3. The molecule has 0 atom stereocenters. The summed E-state index contributed by atoms with van der Waals surface area (Å²) in [5, 5.41) is 2.77. The first-order valence-corrected chi connectivity index (χ1v) is 6.83. The Bertz CT molecular complexity index is 544. The zero-order valence-corrected chi connectivity index (χ0v) is 11.1. The minimum atomic E-state index is -0.779. The fourth-order valence-electron chi connectivity index (χ4n) is 2.97. The van der Waals surface area contributed by atoms with Crippen LogP contribution in [0.4, 0.5) is 4.79 Å². The van der Waals surface area contributed by atoms with E-state index < -0.39 is 11.6 Å². The third-order valence-corrected chi connectivity index (χ3v) is 4.05. The minimum absolute atomic E-state index is 0.162. The molecular formula is C14H16N2O4. The van der Waals surface area contributed by atoms with Gasteiger partial charge in [0.1, 0.15) is 5.54 Å². The van der Waals surface area contributed by atoms with Crippen molar-refractivity contribution in [3.05, 3.63) is 24.2 Å². The Morgan fingerprint density at radius 3 is 2.70 bits per heavy atom. The lowest BCUT2D eigenvalue weighted by molar-refractivity contribution is -0.132. The van der Waals surface area contributed by atoms with Crippen LogP contribution in [0.15, 0.2) is 22.8 Å². The van der Waals surface area contributed by atoms with Crippen molar-refractivity contribution in [2.45, 2.75) is 37.6 Å². The van der Waals surface area contributed by atoms with Crippen molar-refractivity contribution < 1.29 is 18.8 Å². The van der Waals surface area contributed by atoms with Gasteiger partial charge in [0, 0.05) is 0 Å². The van der Waals surface area contributed by atoms with E-state index in [0.29, 0.717) is 12.8 Å². The van der Waals surface area contributed by atoms with E-state index in [1.807, 2.05) is 0 Å². The third kappa shape index (κ3) is 2.01. The van der Waals surface area contributed by atoms with Gasteiger partial charge in [0.15, 0.2) is 5.76 Å². The number of ketones is 1. The summed E-state index contributed by atoms with van der Waals surface area (Å²) in [6, 6.07) is 2.65. The SMILES string of the molecule is O=C(CN1C(=O)NC2(CCCCC2)C1=O)c1ccco1. The van der Waals surface area contributed by atoms with Gasteiger partial charge in [-0.2, -0.15) is 0 Å². The molecule has 3 amide bonds. The predicted octanol–water partition coefficient (Wildman–Crippen LogP) is 1.72. The molecule has 0 aromatic carbocycles. The van der Waals surface area contributed by atoms with E-state index in [1.54, 1.807) is 6.07 Å². The maximum absolute atomic E-state index is 12.5. The highest BCUT2D eigenvalue weighted by molar-refractivity contribution is 6.10. The molecule has 2 aliphatic rings. The van der Waals surface area contributed by atoms with Gasteiger partial charge in [-0.15, -0.1) is 0 Å². The first kappa shape index (κ1) is 12.9. The van der Waals surface area contributed by atoms with Crippen LogP contribution in [0.3, 0.4) is 0 Å². The van der Waals surface area contributed by atoms with Crippen molar-refractivity contribution >= 4 is 17.7 Å². The molecule has 3 rings (SSSR count). The second-order valence-corrected chi connectivity index (χ2v) is 5.36. The smallest absolute Gasteiger partial charge is 0.325 e. The van der Waals surface area contributed by atoms with Crippen LogP contribution in [0.2, 0.25) is 0 Å². The zero-order chi connectivity index (χ0) is 14.2. The van der Waals surface area contributed by atoms with Crippen molar-refractivity contribution in [2.24, 2.45) is 0 Å². The molecule has 1 aliphatic heterocycles. The van der Waals surface area contributed by atoms with E-state index in [9.17, 15) is 14.4 Å². The van der Waals surface area contributed by atoms with Crippen molar-refractivity contribution in [3.63, 3.8) is 0 Å². The number of Topliss-reactive ketones (excluding diaryl/α,β-unsaturated/α-hetero) is 1. The Morgan fingerprint density at radius 2 is 2.05 bits per heavy atom. The monoisotopic (exact) mass is 276 g/mol. The molecular weight excluding hydrogens is 260 g/mol. The van der Waals surface area contributed by atoms with Crippen LogP contribution in [-0.4, -0.2) is 34.7 Å². The van der Waals surface area contributed by atoms with Crippen molar-refractivity contribution in [2.75, 3.05) is 6.54 Å². The average molecular weight is 276 g/mol. The molecule has 1 aromatic rings. The summed E-state index contributed by atoms with van der Waals surface area (Å²) >= 11 is 0. The van der Waals surface area contributed by atoms with Crippen LogP contribution in [-0.2, 0) is 4.79 Å². The minimum Gasteiger partial charge on any atom is -0.461 e. The van der Waals surface area contributed by atoms with E-state index in [4.69, 9.17) is 4.42 Å². The summed E-state index contributed by atoms with van der Waals surface area (Å²) in [6.07, 6.45) is 5.63. The highest BCUT2D eigenvalue weighted by Crippen LogP contribution is 2.33. The Labute approximate surface area is 116 Å². The number of nitrogens with one attached hydrogen (secondary N) is 1. The number of amides is 3. The van der Waals surface area contributed by atoms with Crippen LogP contribution >= 0.6 is 0 Å². The molecule has 1 saturated carbocycles. The van der Waals surface area contributed by atoms with Gasteiger partial charge in [-0.3, -0.25) is 14.5 Å². The highest BCUT2D eigenvalue weighted by Gasteiger charge is 2.51. The standard InChI is InChI=1S/C14H16N2O4/c17-10(11-5-4-8-20-11)9-16-12(18)14(15-13(16)19)6-2-1-3-7-14/h4-5,8H,1-3,6-7,9H2,(H,15,19). The Balaban J connectivity index is 1.75. The number of hydrogen-bond acceptors (Lipinski definition) is 4. The molecule has 1 aromatic heterocycles. The molecule has 0 unspecified atom stereocenters. The molecule has 2 heterocycles. The van der Waals surface area contributed by atoms with Crippen molar-refractivity contribution in [1.82, 2.24) is 10.2 Å². The molecule has 0 radical (unpaired) electrons. The van der Waals surface area contributed by atoms with Gasteiger partial charge in [-0.1, -0.05) is 19.3 Å². The van der Waals surface area contributed by atoms with Crippen molar-refractivity contribution in [1.29, 1.82) is 0 Å². The van der Waals surface area contributed by atoms with Gasteiger partial charge in [-0.05, 0) is 25.0 Å². The second-order valence-electron chi connectivity index (χ2n) is 5.36. The predicted molar refractivity (Wildman–Crippen MR) is 69.1 cm³/mol. The largest absolute Gasteiger partial charge is 0.461 e. The number of furan rings is 1. The lowest BCUT2D eigenvalue weighted by Crippen LogP contribution is -2.48. The number of urea groups is 1.